The van der Waals surface area contributed by atoms with E-state index in [0.717, 1.165) is 19.5 Å². The third kappa shape index (κ3) is 14.9. The predicted molar refractivity (Wildman–Crippen MR) is 101 cm³/mol. The van der Waals surface area contributed by atoms with Crippen molar-refractivity contribution >= 4 is 6.71 Å². The highest BCUT2D eigenvalue weighted by Crippen LogP contribution is 2.15. The van der Waals surface area contributed by atoms with Gasteiger partial charge in [0.2, 0.25) is 0 Å². The van der Waals surface area contributed by atoms with Crippen molar-refractivity contribution in [2.45, 2.75) is 26.0 Å². The first-order chi connectivity index (χ1) is 12.2. The zero-order valence-corrected chi connectivity index (χ0v) is 16.0. The highest BCUT2D eigenvalue weighted by molar-refractivity contribution is 6.67. The molecule has 0 saturated carbocycles. The van der Waals surface area contributed by atoms with Crippen molar-refractivity contribution in [2.24, 2.45) is 0 Å². The lowest BCUT2D eigenvalue weighted by molar-refractivity contribution is -0.000478. The fourth-order valence-corrected chi connectivity index (χ4v) is 2.25. The number of likely N-dealkylation sites (N-methyl/N-ethyl adjacent to an activating group) is 1. The Kier molecular flexibility index (Phi) is 17.0. The van der Waals surface area contributed by atoms with Gasteiger partial charge in [-0.05, 0) is 19.4 Å². The molecule has 0 amide bonds. The SMILES string of the molecule is C#CCOCCOCCOCCOCCN(C)CC(CC)B(C)C#N. The first-order valence-electron chi connectivity index (χ1n) is 8.98. The first-order valence-corrected chi connectivity index (χ1v) is 8.98. The number of nitriles is 1. The molecule has 142 valence electrons. The number of terminal acetylenes is 1. The van der Waals surface area contributed by atoms with Crippen LogP contribution in [0.15, 0.2) is 0 Å². The zero-order chi connectivity index (χ0) is 18.8. The Balaban J connectivity index is 3.38. The van der Waals surface area contributed by atoms with E-state index in [2.05, 4.69) is 30.8 Å². The smallest absolute Gasteiger partial charge is 0.269 e. The van der Waals surface area contributed by atoms with Gasteiger partial charge in [-0.2, -0.15) is 0 Å². The second-order valence-corrected chi connectivity index (χ2v) is 5.94. The third-order valence-corrected chi connectivity index (χ3v) is 3.90. The molecule has 6 nitrogen and oxygen atoms in total. The molecule has 0 aromatic heterocycles. The molecule has 0 fully saturated rings. The lowest BCUT2D eigenvalue weighted by Crippen LogP contribution is -2.31. The van der Waals surface area contributed by atoms with Gasteiger partial charge in [-0.1, -0.05) is 26.1 Å². The number of nitrogens with zero attached hydrogens (tertiary/aromatic N) is 2. The minimum absolute atomic E-state index is 0.0906. The summed E-state index contributed by atoms with van der Waals surface area (Å²) in [6.07, 6.45) is 6.08. The van der Waals surface area contributed by atoms with E-state index in [4.69, 9.17) is 30.6 Å². The summed E-state index contributed by atoms with van der Waals surface area (Å²) in [6, 6.07) is 0. The van der Waals surface area contributed by atoms with Crippen LogP contribution in [-0.2, 0) is 18.9 Å². The average Bonchev–Trinajstić information content (AvgIpc) is 2.62. The van der Waals surface area contributed by atoms with E-state index in [0.29, 0.717) is 58.7 Å². The standard InChI is InChI=1S/C18H33BN2O4/c1-5-8-22-10-12-24-14-15-25-13-11-23-9-7-21(4)16-18(6-2)19(3)17-20/h1,18H,6-16H2,2-4H3. The molecular weight excluding hydrogens is 319 g/mol. The van der Waals surface area contributed by atoms with Gasteiger partial charge in [0, 0.05) is 12.5 Å². The van der Waals surface area contributed by atoms with Crippen LogP contribution in [0.2, 0.25) is 12.6 Å². The van der Waals surface area contributed by atoms with Gasteiger partial charge in [0.05, 0.1) is 46.2 Å². The van der Waals surface area contributed by atoms with E-state index in [-0.39, 0.29) is 6.71 Å². The van der Waals surface area contributed by atoms with Crippen molar-refractivity contribution in [3.63, 3.8) is 0 Å². The lowest BCUT2D eigenvalue weighted by atomic mass is 9.43. The first kappa shape index (κ1) is 23.9. The van der Waals surface area contributed by atoms with Crippen LogP contribution in [0.4, 0.5) is 0 Å². The average molecular weight is 352 g/mol. The van der Waals surface area contributed by atoms with Crippen molar-refractivity contribution in [1.82, 2.24) is 4.90 Å². The summed E-state index contributed by atoms with van der Waals surface area (Å²) < 4.78 is 21.4. The molecule has 1 atom stereocenters. The molecule has 0 aromatic carbocycles. The highest BCUT2D eigenvalue weighted by atomic mass is 16.6. The second-order valence-electron chi connectivity index (χ2n) is 5.94. The van der Waals surface area contributed by atoms with Gasteiger partial charge in [0.25, 0.3) is 6.71 Å². The third-order valence-electron chi connectivity index (χ3n) is 3.90. The van der Waals surface area contributed by atoms with Gasteiger partial charge in [-0.25, -0.2) is 5.26 Å². The van der Waals surface area contributed by atoms with E-state index in [1.54, 1.807) is 0 Å². The maximum atomic E-state index is 9.02. The van der Waals surface area contributed by atoms with Crippen LogP contribution in [0.3, 0.4) is 0 Å². The molecule has 0 aliphatic carbocycles. The Morgan fingerprint density at radius 2 is 1.52 bits per heavy atom. The second kappa shape index (κ2) is 17.7. The van der Waals surface area contributed by atoms with Crippen LogP contribution in [0.25, 0.3) is 0 Å². The summed E-state index contributed by atoms with van der Waals surface area (Å²) in [5.74, 6) is 5.15. The van der Waals surface area contributed by atoms with Crippen molar-refractivity contribution in [1.29, 1.82) is 5.26 Å². The summed E-state index contributed by atoms with van der Waals surface area (Å²) in [6.45, 7) is 10.2. The summed E-state index contributed by atoms with van der Waals surface area (Å²) in [7, 11) is 2.07. The van der Waals surface area contributed by atoms with Crippen molar-refractivity contribution in [3.8, 4) is 18.3 Å². The Labute approximate surface area is 153 Å². The lowest BCUT2D eigenvalue weighted by Gasteiger charge is -2.23. The van der Waals surface area contributed by atoms with E-state index in [1.807, 2.05) is 6.82 Å². The Bertz CT molecular complexity index is 384. The molecule has 25 heavy (non-hydrogen) atoms. The normalized spacial score (nSPS) is 11.9. The summed E-state index contributed by atoms with van der Waals surface area (Å²) in [5, 5.41) is 9.02. The number of rotatable bonds is 17. The summed E-state index contributed by atoms with van der Waals surface area (Å²) >= 11 is 0. The maximum absolute atomic E-state index is 9.02. The monoisotopic (exact) mass is 352 g/mol. The quantitative estimate of drug-likeness (QED) is 0.225. The zero-order valence-electron chi connectivity index (χ0n) is 16.0. The van der Waals surface area contributed by atoms with Crippen LogP contribution in [0.1, 0.15) is 13.3 Å². The Hall–Kier alpha value is -1.09. The number of hydrogen-bond donors (Lipinski definition) is 0. The van der Waals surface area contributed by atoms with Crippen molar-refractivity contribution in [2.75, 3.05) is 73.0 Å². The molecule has 0 radical (unpaired) electrons. The van der Waals surface area contributed by atoms with E-state index >= 15 is 0 Å². The molecule has 0 N–H and O–H groups in total. The fourth-order valence-electron chi connectivity index (χ4n) is 2.25. The van der Waals surface area contributed by atoms with Crippen LogP contribution >= 0.6 is 0 Å². The predicted octanol–water partition coefficient (Wildman–Crippen LogP) is 1.59. The van der Waals surface area contributed by atoms with Gasteiger partial charge in [-0.3, -0.25) is 0 Å². The van der Waals surface area contributed by atoms with Crippen LogP contribution in [0.5, 0.6) is 0 Å². The van der Waals surface area contributed by atoms with E-state index in [1.165, 1.54) is 0 Å². The van der Waals surface area contributed by atoms with Gasteiger partial charge < -0.3 is 23.8 Å². The number of hydrogen-bond acceptors (Lipinski definition) is 6. The molecule has 0 saturated heterocycles. The van der Waals surface area contributed by atoms with Gasteiger partial charge in [-0.15, -0.1) is 6.42 Å². The Morgan fingerprint density at radius 1 is 1.00 bits per heavy atom. The van der Waals surface area contributed by atoms with E-state index in [9.17, 15) is 0 Å². The number of ether oxygens (including phenoxy) is 4. The largest absolute Gasteiger partial charge is 0.378 e. The molecular formula is C18H33BN2O4. The molecule has 0 aromatic rings. The van der Waals surface area contributed by atoms with Gasteiger partial charge in [0.15, 0.2) is 0 Å². The minimum atomic E-state index is 0.0906. The van der Waals surface area contributed by atoms with E-state index < -0.39 is 0 Å². The molecule has 0 heterocycles. The summed E-state index contributed by atoms with van der Waals surface area (Å²) in [4.78, 5) is 2.22. The Morgan fingerprint density at radius 3 is 2.00 bits per heavy atom. The van der Waals surface area contributed by atoms with Gasteiger partial charge in [0.1, 0.15) is 6.61 Å². The molecule has 0 aliphatic heterocycles. The van der Waals surface area contributed by atoms with Crippen LogP contribution < -0.4 is 0 Å². The van der Waals surface area contributed by atoms with Crippen molar-refractivity contribution < 1.29 is 18.9 Å². The maximum Gasteiger partial charge on any atom is 0.269 e. The van der Waals surface area contributed by atoms with Crippen LogP contribution in [-0.4, -0.2) is 84.6 Å². The molecule has 0 spiro atoms. The molecule has 0 aliphatic rings. The molecule has 0 bridgehead atoms. The molecule has 0 rings (SSSR count). The fraction of sp³-hybridized carbons (Fsp3) is 0.833. The topological polar surface area (TPSA) is 64.0 Å². The van der Waals surface area contributed by atoms with Gasteiger partial charge >= 0.3 is 0 Å². The summed E-state index contributed by atoms with van der Waals surface area (Å²) in [5.41, 5.74) is 0. The van der Waals surface area contributed by atoms with Crippen molar-refractivity contribution in [3.05, 3.63) is 0 Å². The molecule has 1 unspecified atom stereocenters. The highest BCUT2D eigenvalue weighted by Gasteiger charge is 2.20. The molecule has 7 heteroatoms. The van der Waals surface area contributed by atoms with Crippen LogP contribution in [0, 0.1) is 23.6 Å². The minimum Gasteiger partial charge on any atom is -0.378 e.